The first-order valence-electron chi connectivity index (χ1n) is 6.19. The fraction of sp³-hybridized carbons (Fsp3) is 0.133. The molecule has 0 fully saturated rings. The maximum atomic E-state index is 13.2. The largest absolute Gasteiger partial charge is 0.492 e. The second kappa shape index (κ2) is 6.06. The second-order valence-corrected chi connectivity index (χ2v) is 4.16. The molecule has 0 spiro atoms. The van der Waals surface area contributed by atoms with Crippen LogP contribution in [0.5, 0.6) is 5.75 Å². The number of nitrogens with two attached hydrogens (primary N) is 1. The Labute approximate surface area is 116 Å². The summed E-state index contributed by atoms with van der Waals surface area (Å²) in [4.78, 5) is 12.1. The number of ether oxygens (including phenoxy) is 1. The highest BCUT2D eigenvalue weighted by Gasteiger charge is 2.11. The van der Waals surface area contributed by atoms with E-state index in [1.54, 1.807) is 24.3 Å². The molecule has 1 amide bonds. The molecule has 0 heterocycles. The van der Waals surface area contributed by atoms with E-state index in [9.17, 15) is 9.18 Å². The number of amides is 1. The molecule has 20 heavy (non-hydrogen) atoms. The highest BCUT2D eigenvalue weighted by molar-refractivity contribution is 6.05. The molecule has 5 heteroatoms. The Morgan fingerprint density at radius 3 is 2.75 bits per heavy atom. The van der Waals surface area contributed by atoms with E-state index in [4.69, 9.17) is 10.5 Å². The lowest BCUT2D eigenvalue weighted by molar-refractivity contribution is 0.102. The van der Waals surface area contributed by atoms with Gasteiger partial charge >= 0.3 is 0 Å². The van der Waals surface area contributed by atoms with Crippen molar-refractivity contribution < 1.29 is 13.9 Å². The first-order chi connectivity index (χ1) is 9.60. The van der Waals surface area contributed by atoms with Gasteiger partial charge in [-0.2, -0.15) is 0 Å². The first kappa shape index (κ1) is 13.9. The minimum absolute atomic E-state index is 0.161. The Morgan fingerprint density at radius 2 is 2.05 bits per heavy atom. The zero-order valence-corrected chi connectivity index (χ0v) is 11.0. The number of benzene rings is 2. The van der Waals surface area contributed by atoms with Gasteiger partial charge in [-0.05, 0) is 37.3 Å². The van der Waals surface area contributed by atoms with Crippen LogP contribution in [-0.4, -0.2) is 12.5 Å². The number of para-hydroxylation sites is 2. The van der Waals surface area contributed by atoms with Crippen LogP contribution in [0, 0.1) is 5.82 Å². The highest BCUT2D eigenvalue weighted by atomic mass is 19.1. The topological polar surface area (TPSA) is 64.3 Å². The van der Waals surface area contributed by atoms with Crippen molar-refractivity contribution in [1.82, 2.24) is 0 Å². The lowest BCUT2D eigenvalue weighted by Crippen LogP contribution is -2.13. The molecule has 0 atom stereocenters. The molecular formula is C15H15FN2O2. The number of nitrogen functional groups attached to an aromatic ring is 1. The summed E-state index contributed by atoms with van der Waals surface area (Å²) in [6, 6.07) is 10.8. The summed E-state index contributed by atoms with van der Waals surface area (Å²) < 4.78 is 18.7. The average molecular weight is 274 g/mol. The number of carbonyl (C=O) groups excluding carboxylic acids is 1. The van der Waals surface area contributed by atoms with Crippen molar-refractivity contribution in [2.45, 2.75) is 6.92 Å². The molecule has 0 aromatic heterocycles. The van der Waals surface area contributed by atoms with Crippen LogP contribution < -0.4 is 15.8 Å². The quantitative estimate of drug-likeness (QED) is 0.842. The third-order valence-electron chi connectivity index (χ3n) is 2.62. The van der Waals surface area contributed by atoms with Gasteiger partial charge in [-0.25, -0.2) is 4.39 Å². The van der Waals surface area contributed by atoms with Gasteiger partial charge in [0.2, 0.25) is 0 Å². The van der Waals surface area contributed by atoms with Crippen LogP contribution in [0.15, 0.2) is 42.5 Å². The number of carbonyl (C=O) groups is 1. The predicted octanol–water partition coefficient (Wildman–Crippen LogP) is 3.06. The monoisotopic (exact) mass is 274 g/mol. The van der Waals surface area contributed by atoms with Crippen LogP contribution in [0.2, 0.25) is 0 Å². The fourth-order valence-electron chi connectivity index (χ4n) is 1.79. The normalized spacial score (nSPS) is 10.1. The zero-order valence-electron chi connectivity index (χ0n) is 11.0. The van der Waals surface area contributed by atoms with Gasteiger partial charge < -0.3 is 15.8 Å². The molecule has 2 rings (SSSR count). The van der Waals surface area contributed by atoms with Crippen LogP contribution in [0.3, 0.4) is 0 Å². The molecule has 0 aliphatic rings. The Kier molecular flexibility index (Phi) is 4.20. The molecule has 104 valence electrons. The summed E-state index contributed by atoms with van der Waals surface area (Å²) in [6.45, 7) is 2.34. The molecule has 2 aromatic rings. The predicted molar refractivity (Wildman–Crippen MR) is 76.4 cm³/mol. The number of nitrogens with one attached hydrogen (secondary N) is 1. The van der Waals surface area contributed by atoms with Crippen molar-refractivity contribution in [2.75, 3.05) is 17.7 Å². The Bertz CT molecular complexity index is 609. The van der Waals surface area contributed by atoms with Crippen molar-refractivity contribution in [1.29, 1.82) is 0 Å². The van der Waals surface area contributed by atoms with Gasteiger partial charge in [-0.1, -0.05) is 12.1 Å². The van der Waals surface area contributed by atoms with Crippen molar-refractivity contribution in [3.05, 3.63) is 53.8 Å². The summed E-state index contributed by atoms with van der Waals surface area (Å²) in [5.74, 6) is -0.427. The van der Waals surface area contributed by atoms with Gasteiger partial charge in [0, 0.05) is 11.3 Å². The van der Waals surface area contributed by atoms with Gasteiger partial charge in [0.1, 0.15) is 11.6 Å². The van der Waals surface area contributed by atoms with Crippen LogP contribution in [-0.2, 0) is 0 Å². The summed E-state index contributed by atoms with van der Waals surface area (Å²) in [7, 11) is 0. The second-order valence-electron chi connectivity index (χ2n) is 4.16. The smallest absolute Gasteiger partial charge is 0.255 e. The fourth-order valence-corrected chi connectivity index (χ4v) is 1.79. The van der Waals surface area contributed by atoms with Crippen molar-refractivity contribution in [3.63, 3.8) is 0 Å². The lowest BCUT2D eigenvalue weighted by atomic mass is 10.1. The molecule has 2 aromatic carbocycles. The van der Waals surface area contributed by atoms with E-state index in [0.29, 0.717) is 18.0 Å². The third kappa shape index (κ3) is 3.26. The minimum Gasteiger partial charge on any atom is -0.492 e. The van der Waals surface area contributed by atoms with E-state index in [1.807, 2.05) is 6.92 Å². The van der Waals surface area contributed by atoms with E-state index in [0.717, 1.165) is 12.1 Å². The van der Waals surface area contributed by atoms with Gasteiger partial charge in [-0.15, -0.1) is 0 Å². The molecule has 3 N–H and O–H groups in total. The first-order valence-corrected chi connectivity index (χ1v) is 6.19. The zero-order chi connectivity index (χ0) is 14.5. The standard InChI is InChI=1S/C15H15FN2O2/c1-2-20-14-6-4-3-5-13(14)18-15(19)10-7-11(16)9-12(17)8-10/h3-9H,2,17H2,1H3,(H,18,19). The molecule has 0 aliphatic carbocycles. The molecule has 0 radical (unpaired) electrons. The van der Waals surface area contributed by atoms with Gasteiger partial charge in [0.25, 0.3) is 5.91 Å². The van der Waals surface area contributed by atoms with Crippen LogP contribution in [0.1, 0.15) is 17.3 Å². The average Bonchev–Trinajstić information content (AvgIpc) is 2.40. The third-order valence-corrected chi connectivity index (χ3v) is 2.62. The van der Waals surface area contributed by atoms with Gasteiger partial charge in [0.05, 0.1) is 12.3 Å². The number of anilines is 2. The van der Waals surface area contributed by atoms with Gasteiger partial charge in [-0.3, -0.25) is 4.79 Å². The Balaban J connectivity index is 2.23. The van der Waals surface area contributed by atoms with Crippen LogP contribution >= 0.6 is 0 Å². The highest BCUT2D eigenvalue weighted by Crippen LogP contribution is 2.24. The SMILES string of the molecule is CCOc1ccccc1NC(=O)c1cc(N)cc(F)c1. The number of halogens is 1. The minimum atomic E-state index is -0.548. The Hall–Kier alpha value is -2.56. The van der Waals surface area contributed by atoms with Crippen molar-refractivity contribution in [3.8, 4) is 5.75 Å². The number of rotatable bonds is 4. The molecule has 4 nitrogen and oxygen atoms in total. The molecule has 0 bridgehead atoms. The Morgan fingerprint density at radius 1 is 1.30 bits per heavy atom. The molecule has 0 unspecified atom stereocenters. The summed E-state index contributed by atoms with van der Waals surface area (Å²) >= 11 is 0. The maximum absolute atomic E-state index is 13.2. The summed E-state index contributed by atoms with van der Waals surface area (Å²) in [5, 5.41) is 2.68. The van der Waals surface area contributed by atoms with E-state index >= 15 is 0 Å². The molecule has 0 aliphatic heterocycles. The summed E-state index contributed by atoms with van der Waals surface area (Å²) in [6.07, 6.45) is 0. The maximum Gasteiger partial charge on any atom is 0.255 e. The van der Waals surface area contributed by atoms with Crippen LogP contribution in [0.25, 0.3) is 0 Å². The van der Waals surface area contributed by atoms with Gasteiger partial charge in [0.15, 0.2) is 0 Å². The van der Waals surface area contributed by atoms with Crippen molar-refractivity contribution >= 4 is 17.3 Å². The van der Waals surface area contributed by atoms with Crippen LogP contribution in [0.4, 0.5) is 15.8 Å². The molecule has 0 saturated heterocycles. The van der Waals surface area contributed by atoms with E-state index < -0.39 is 11.7 Å². The number of hydrogen-bond donors (Lipinski definition) is 2. The summed E-state index contributed by atoms with van der Waals surface area (Å²) in [5.41, 5.74) is 6.42. The lowest BCUT2D eigenvalue weighted by Gasteiger charge is -2.11. The molecular weight excluding hydrogens is 259 g/mol. The molecule has 0 saturated carbocycles. The number of hydrogen-bond acceptors (Lipinski definition) is 3. The van der Waals surface area contributed by atoms with E-state index in [1.165, 1.54) is 6.07 Å². The van der Waals surface area contributed by atoms with E-state index in [-0.39, 0.29) is 11.3 Å². The van der Waals surface area contributed by atoms with E-state index in [2.05, 4.69) is 5.32 Å². The van der Waals surface area contributed by atoms with Crippen molar-refractivity contribution in [2.24, 2.45) is 0 Å².